The molecule has 0 saturated heterocycles. The summed E-state index contributed by atoms with van der Waals surface area (Å²) in [6.45, 7) is 5.57. The monoisotopic (exact) mass is 874 g/mol. The van der Waals surface area contributed by atoms with E-state index in [-0.39, 0.29) is 16.5 Å². The lowest BCUT2D eigenvalue weighted by Gasteiger charge is -2.33. The largest absolute Gasteiger partial charge is 0.457 e. The van der Waals surface area contributed by atoms with Gasteiger partial charge < -0.3 is 41.9 Å². The van der Waals surface area contributed by atoms with Gasteiger partial charge in [0.2, 0.25) is 0 Å². The quantitative estimate of drug-likeness (QED) is 0.0889. The Kier molecular flexibility index (Phi) is 13.2. The summed E-state index contributed by atoms with van der Waals surface area (Å²) in [6.07, 6.45) is -4.54. The van der Waals surface area contributed by atoms with Crippen LogP contribution in [0.2, 0.25) is 0 Å². The van der Waals surface area contributed by atoms with Crippen LogP contribution in [0.25, 0.3) is 0 Å². The molecule has 8 rings (SSSR count). The van der Waals surface area contributed by atoms with Gasteiger partial charge in [-0.25, -0.2) is 0 Å². The van der Waals surface area contributed by atoms with E-state index in [0.717, 1.165) is 23.0 Å². The van der Waals surface area contributed by atoms with Gasteiger partial charge in [-0.15, -0.1) is 0 Å². The van der Waals surface area contributed by atoms with Crippen molar-refractivity contribution in [3.8, 4) is 46.0 Å². The van der Waals surface area contributed by atoms with Gasteiger partial charge in [0, 0.05) is 40.3 Å². The van der Waals surface area contributed by atoms with E-state index >= 15 is 0 Å². The summed E-state index contributed by atoms with van der Waals surface area (Å²) in [7, 11) is 0. The number of halogens is 3. The molecule has 0 radical (unpaired) electrons. The summed E-state index contributed by atoms with van der Waals surface area (Å²) >= 11 is 0. The number of hydrogen-bond acceptors (Lipinski definition) is 8. The van der Waals surface area contributed by atoms with Crippen molar-refractivity contribution >= 4 is 22.7 Å². The van der Waals surface area contributed by atoms with Crippen molar-refractivity contribution in [3.63, 3.8) is 0 Å². The molecule has 0 amide bonds. The average molecular weight is 875 g/mol. The van der Waals surface area contributed by atoms with E-state index in [9.17, 15) is 13.2 Å². The van der Waals surface area contributed by atoms with E-state index in [2.05, 4.69) is 38.1 Å². The van der Waals surface area contributed by atoms with Crippen LogP contribution in [-0.2, 0) is 10.8 Å². The molecular formula is C54H49F3N4O4. The van der Waals surface area contributed by atoms with Gasteiger partial charge in [0.05, 0.1) is 0 Å². The highest BCUT2D eigenvalue weighted by molar-refractivity contribution is 5.50. The van der Waals surface area contributed by atoms with Gasteiger partial charge in [-0.05, 0) is 151 Å². The lowest BCUT2D eigenvalue weighted by Crippen LogP contribution is -2.40. The molecule has 65 heavy (non-hydrogen) atoms. The topological polar surface area (TPSA) is 141 Å². The van der Waals surface area contributed by atoms with Crippen LogP contribution in [0.1, 0.15) is 43.0 Å². The number of hydrogen-bond donors (Lipinski definition) is 4. The summed E-state index contributed by atoms with van der Waals surface area (Å²) in [5, 5.41) is 0. The zero-order chi connectivity index (χ0) is 46.2. The van der Waals surface area contributed by atoms with Crippen molar-refractivity contribution in [3.05, 3.63) is 216 Å². The van der Waals surface area contributed by atoms with Gasteiger partial charge in [0.15, 0.2) is 0 Å². The van der Waals surface area contributed by atoms with Crippen LogP contribution in [0.4, 0.5) is 35.9 Å². The van der Waals surface area contributed by atoms with Gasteiger partial charge in [-0.2, -0.15) is 13.2 Å². The molecule has 0 spiro atoms. The van der Waals surface area contributed by atoms with Crippen molar-refractivity contribution in [2.45, 2.75) is 37.8 Å². The molecule has 8 nitrogen and oxygen atoms in total. The average Bonchev–Trinajstić information content (AvgIpc) is 3.28. The fraction of sp³-hybridized carbons (Fsp3) is 0.111. The van der Waals surface area contributed by atoms with E-state index < -0.39 is 11.6 Å². The number of ether oxygens (including phenoxy) is 4. The molecule has 8 N–H and O–H groups in total. The molecular weight excluding hydrogens is 826 g/mol. The zero-order valence-corrected chi connectivity index (χ0v) is 36.1. The Morgan fingerprint density at radius 3 is 0.846 bits per heavy atom. The third kappa shape index (κ3) is 11.1. The number of benzene rings is 8. The Balaban J connectivity index is 0.000000195. The smallest absolute Gasteiger partial charge is 0.402 e. The Morgan fingerprint density at radius 2 is 0.569 bits per heavy atom. The predicted octanol–water partition coefficient (Wildman–Crippen LogP) is 14.1. The van der Waals surface area contributed by atoms with Gasteiger partial charge in [-0.1, -0.05) is 74.5 Å². The first-order valence-corrected chi connectivity index (χ1v) is 20.7. The Bertz CT molecular complexity index is 2610. The number of alkyl halides is 3. The zero-order valence-electron chi connectivity index (χ0n) is 36.1. The normalized spacial score (nSPS) is 11.5. The molecule has 0 saturated carbocycles. The number of nitrogens with two attached hydrogens (primary N) is 4. The SMILES string of the molecule is CC(C)(c1ccc(Oc2cccc(N)c2)cc1)c1ccc(Oc2cccc(N)c2)cc1.CC(c1ccc(Oc2ccc(N)cc2)cc1)(c1ccc(Oc2ccc(N)cc2)cc1)C(F)(F)F. The van der Waals surface area contributed by atoms with Gasteiger partial charge >= 0.3 is 6.18 Å². The fourth-order valence-electron chi connectivity index (χ4n) is 7.02. The highest BCUT2D eigenvalue weighted by atomic mass is 19.4. The van der Waals surface area contributed by atoms with Crippen LogP contribution in [0.5, 0.6) is 46.0 Å². The second-order valence-corrected chi connectivity index (χ2v) is 16.0. The van der Waals surface area contributed by atoms with Gasteiger partial charge in [-0.3, -0.25) is 0 Å². The number of rotatable bonds is 12. The van der Waals surface area contributed by atoms with E-state index in [0.29, 0.717) is 45.7 Å². The molecule has 0 aromatic heterocycles. The van der Waals surface area contributed by atoms with E-state index in [1.165, 1.54) is 66.6 Å². The molecule has 0 aliphatic rings. The van der Waals surface area contributed by atoms with Crippen molar-refractivity contribution in [2.24, 2.45) is 0 Å². The van der Waals surface area contributed by atoms with Crippen molar-refractivity contribution in [1.82, 2.24) is 0 Å². The molecule has 0 bridgehead atoms. The third-order valence-corrected chi connectivity index (χ3v) is 11.0. The predicted molar refractivity (Wildman–Crippen MR) is 254 cm³/mol. The van der Waals surface area contributed by atoms with E-state index in [4.69, 9.17) is 41.9 Å². The van der Waals surface area contributed by atoms with Crippen molar-refractivity contribution < 1.29 is 32.1 Å². The molecule has 0 aliphatic heterocycles. The minimum atomic E-state index is -4.54. The molecule has 0 aliphatic carbocycles. The standard InChI is InChI=1S/C27H23F3N2O2.C27H26N2O2/c1-26(27(28,29)30,18-2-10-22(11-3-18)33-24-14-6-20(31)7-15-24)19-4-12-23(13-5-19)34-25-16-8-21(32)9-17-25;1-27(2,19-9-13-23(14-10-19)30-25-7-3-5-21(28)17-25)20-11-15-24(16-12-20)31-26-8-4-6-22(29)18-26/h2-17H,31-32H2,1H3;3-18H,28-29H2,1-2H3. The molecule has 8 aromatic rings. The first kappa shape index (κ1) is 45.0. The van der Waals surface area contributed by atoms with Crippen LogP contribution in [0.3, 0.4) is 0 Å². The van der Waals surface area contributed by atoms with Gasteiger partial charge in [0.25, 0.3) is 0 Å². The summed E-state index contributed by atoms with van der Waals surface area (Å²) in [6, 6.07) is 56.5. The fourth-order valence-corrected chi connectivity index (χ4v) is 7.02. The molecule has 0 fully saturated rings. The lowest BCUT2D eigenvalue weighted by atomic mass is 9.75. The minimum absolute atomic E-state index is 0.0943. The Hall–Kier alpha value is -8.05. The second-order valence-electron chi connectivity index (χ2n) is 16.0. The maximum atomic E-state index is 14.4. The molecule has 8 aromatic carbocycles. The lowest BCUT2D eigenvalue weighted by molar-refractivity contribution is -0.173. The van der Waals surface area contributed by atoms with Crippen LogP contribution < -0.4 is 41.9 Å². The molecule has 330 valence electrons. The summed E-state index contributed by atoms with van der Waals surface area (Å²) in [5.74, 6) is 4.92. The maximum Gasteiger partial charge on any atom is 0.402 e. The van der Waals surface area contributed by atoms with Crippen LogP contribution in [0.15, 0.2) is 194 Å². The summed E-state index contributed by atoms with van der Waals surface area (Å²) in [4.78, 5) is 0. The Labute approximate surface area is 376 Å². The first-order valence-electron chi connectivity index (χ1n) is 20.7. The van der Waals surface area contributed by atoms with E-state index in [1.54, 1.807) is 48.5 Å². The highest BCUT2D eigenvalue weighted by Crippen LogP contribution is 2.47. The second kappa shape index (κ2) is 19.1. The summed E-state index contributed by atoms with van der Waals surface area (Å²) < 4.78 is 66.3. The molecule has 0 heterocycles. The molecule has 0 unspecified atom stereocenters. The number of anilines is 4. The van der Waals surface area contributed by atoms with Crippen molar-refractivity contribution in [1.29, 1.82) is 0 Å². The maximum absolute atomic E-state index is 14.4. The highest BCUT2D eigenvalue weighted by Gasteiger charge is 2.53. The van der Waals surface area contributed by atoms with Crippen molar-refractivity contribution in [2.75, 3.05) is 22.9 Å². The number of nitrogen functional groups attached to an aromatic ring is 4. The third-order valence-electron chi connectivity index (χ3n) is 11.0. The first-order chi connectivity index (χ1) is 31.0. The van der Waals surface area contributed by atoms with E-state index in [1.807, 2.05) is 72.8 Å². The van der Waals surface area contributed by atoms with Crippen LogP contribution in [0, 0.1) is 0 Å². The van der Waals surface area contributed by atoms with Crippen LogP contribution >= 0.6 is 0 Å². The molecule has 0 atom stereocenters. The summed E-state index contributed by atoms with van der Waals surface area (Å²) in [5.41, 5.74) is 25.7. The minimum Gasteiger partial charge on any atom is -0.457 e. The van der Waals surface area contributed by atoms with Crippen LogP contribution in [-0.4, -0.2) is 6.18 Å². The Morgan fingerprint density at radius 1 is 0.308 bits per heavy atom. The molecule has 11 heteroatoms. The van der Waals surface area contributed by atoms with Gasteiger partial charge in [0.1, 0.15) is 51.4 Å².